The summed E-state index contributed by atoms with van der Waals surface area (Å²) in [4.78, 5) is 0. The van der Waals surface area contributed by atoms with Crippen LogP contribution >= 0.6 is 0 Å². The molecule has 1 rings (SSSR count). The smallest absolute Gasteiger partial charge is 0.388 e. The van der Waals surface area contributed by atoms with E-state index in [-0.39, 0.29) is 6.42 Å². The van der Waals surface area contributed by atoms with Crippen LogP contribution in [0.2, 0.25) is 0 Å². The lowest BCUT2D eigenvalue weighted by Crippen LogP contribution is -2.12. The first kappa shape index (κ1) is 13.9. The fraction of sp³-hybridized carbons (Fsp3) is 0.636. The molecule has 0 fully saturated rings. The summed E-state index contributed by atoms with van der Waals surface area (Å²) in [5.41, 5.74) is 1.58. The second kappa shape index (κ2) is 5.44. The topological polar surface area (TPSA) is 46.0 Å². The second-order valence-electron chi connectivity index (χ2n) is 3.91. The summed E-state index contributed by atoms with van der Waals surface area (Å²) < 4.78 is 36.2. The van der Waals surface area contributed by atoms with Crippen molar-refractivity contribution in [3.05, 3.63) is 23.0 Å². The summed E-state index contributed by atoms with van der Waals surface area (Å²) in [5.74, 6) is 0. The van der Waals surface area contributed by atoms with Crippen molar-refractivity contribution in [2.45, 2.75) is 45.4 Å². The molecule has 0 aliphatic rings. The van der Waals surface area contributed by atoms with Crippen LogP contribution in [0, 0.1) is 6.92 Å². The molecule has 1 N–H and O–H groups in total. The van der Waals surface area contributed by atoms with Gasteiger partial charge in [-0.1, -0.05) is 6.92 Å². The van der Waals surface area contributed by atoms with E-state index >= 15 is 0 Å². The van der Waals surface area contributed by atoms with Crippen LogP contribution in [0.15, 0.2) is 6.07 Å². The summed E-state index contributed by atoms with van der Waals surface area (Å²) in [5, 5.41) is 17.4. The number of aryl methyl sites for hydroxylation is 2. The third kappa shape index (κ3) is 4.30. The number of halogens is 3. The number of hydrogen-bond donors (Lipinski definition) is 1. The first-order valence-electron chi connectivity index (χ1n) is 5.41. The molecule has 0 bridgehead atoms. The zero-order valence-corrected chi connectivity index (χ0v) is 9.75. The predicted octanol–water partition coefficient (Wildman–Crippen LogP) is 2.72. The van der Waals surface area contributed by atoms with Crippen LogP contribution < -0.4 is 0 Å². The van der Waals surface area contributed by atoms with Gasteiger partial charge in [-0.05, 0) is 25.8 Å². The molecule has 17 heavy (non-hydrogen) atoms. The van der Waals surface area contributed by atoms with Gasteiger partial charge >= 0.3 is 6.18 Å². The van der Waals surface area contributed by atoms with E-state index in [4.69, 9.17) is 0 Å². The SMILES string of the molecule is CCc1nnc(C)cc1C(O)CCC(F)(F)F. The number of rotatable bonds is 4. The van der Waals surface area contributed by atoms with Crippen molar-refractivity contribution in [2.75, 3.05) is 0 Å². The summed E-state index contributed by atoms with van der Waals surface area (Å²) in [6, 6.07) is 1.59. The number of alkyl halides is 3. The Balaban J connectivity index is 2.80. The molecule has 3 nitrogen and oxygen atoms in total. The molecule has 6 heteroatoms. The van der Waals surface area contributed by atoms with E-state index in [9.17, 15) is 18.3 Å². The summed E-state index contributed by atoms with van der Waals surface area (Å²) in [7, 11) is 0. The van der Waals surface area contributed by atoms with Gasteiger partial charge in [0.15, 0.2) is 0 Å². The third-order valence-corrected chi connectivity index (χ3v) is 2.42. The molecule has 0 saturated heterocycles. The summed E-state index contributed by atoms with van der Waals surface area (Å²) in [6.45, 7) is 3.51. The van der Waals surface area contributed by atoms with Crippen LogP contribution in [0.25, 0.3) is 0 Å². The standard InChI is InChI=1S/C11H15F3N2O/c1-3-9-8(6-7(2)15-16-9)10(17)4-5-11(12,13)14/h6,10,17H,3-5H2,1-2H3. The molecule has 96 valence electrons. The predicted molar refractivity (Wildman–Crippen MR) is 56.4 cm³/mol. The number of aromatic nitrogens is 2. The van der Waals surface area contributed by atoms with Gasteiger partial charge in [0.05, 0.1) is 17.5 Å². The van der Waals surface area contributed by atoms with E-state index in [1.54, 1.807) is 13.0 Å². The van der Waals surface area contributed by atoms with E-state index in [2.05, 4.69) is 10.2 Å². The van der Waals surface area contributed by atoms with E-state index in [1.807, 2.05) is 6.92 Å². The van der Waals surface area contributed by atoms with Gasteiger partial charge in [-0.2, -0.15) is 23.4 Å². The lowest BCUT2D eigenvalue weighted by Gasteiger charge is -2.15. The van der Waals surface area contributed by atoms with E-state index in [0.717, 1.165) is 0 Å². The van der Waals surface area contributed by atoms with E-state index < -0.39 is 18.7 Å². The first-order chi connectivity index (χ1) is 7.83. The Hall–Kier alpha value is -1.17. The lowest BCUT2D eigenvalue weighted by molar-refractivity contribution is -0.140. The lowest BCUT2D eigenvalue weighted by atomic mass is 10.0. The average Bonchev–Trinajstić information content (AvgIpc) is 2.25. The normalized spacial score (nSPS) is 13.8. The van der Waals surface area contributed by atoms with Crippen molar-refractivity contribution in [1.29, 1.82) is 0 Å². The monoisotopic (exact) mass is 248 g/mol. The highest BCUT2D eigenvalue weighted by Crippen LogP contribution is 2.28. The Morgan fingerprint density at radius 1 is 1.35 bits per heavy atom. The number of aliphatic hydroxyl groups excluding tert-OH is 1. The van der Waals surface area contributed by atoms with Crippen molar-refractivity contribution in [1.82, 2.24) is 10.2 Å². The summed E-state index contributed by atoms with van der Waals surface area (Å²) >= 11 is 0. The van der Waals surface area contributed by atoms with Crippen molar-refractivity contribution in [3.63, 3.8) is 0 Å². The molecule has 1 unspecified atom stereocenters. The molecular formula is C11H15F3N2O. The number of hydrogen-bond acceptors (Lipinski definition) is 3. The van der Waals surface area contributed by atoms with Gasteiger partial charge in [-0.3, -0.25) is 0 Å². The minimum atomic E-state index is -4.25. The molecule has 0 aromatic carbocycles. The Bertz CT molecular complexity index is 379. The fourth-order valence-electron chi connectivity index (χ4n) is 1.55. The Kier molecular flexibility index (Phi) is 4.45. The highest BCUT2D eigenvalue weighted by molar-refractivity contribution is 5.23. The molecule has 1 atom stereocenters. The molecule has 1 aromatic rings. The van der Waals surface area contributed by atoms with Gasteiger partial charge in [0.1, 0.15) is 0 Å². The van der Waals surface area contributed by atoms with Crippen molar-refractivity contribution in [3.8, 4) is 0 Å². The van der Waals surface area contributed by atoms with Crippen LogP contribution in [0.4, 0.5) is 13.2 Å². The second-order valence-corrected chi connectivity index (χ2v) is 3.91. The minimum Gasteiger partial charge on any atom is -0.388 e. The van der Waals surface area contributed by atoms with E-state index in [0.29, 0.717) is 23.4 Å². The van der Waals surface area contributed by atoms with Gasteiger partial charge in [-0.25, -0.2) is 0 Å². The van der Waals surface area contributed by atoms with Crippen molar-refractivity contribution >= 4 is 0 Å². The molecule has 0 amide bonds. The van der Waals surface area contributed by atoms with Gasteiger partial charge in [-0.15, -0.1) is 0 Å². The number of nitrogens with zero attached hydrogens (tertiary/aromatic N) is 2. The largest absolute Gasteiger partial charge is 0.389 e. The van der Waals surface area contributed by atoms with Crippen LogP contribution in [-0.2, 0) is 6.42 Å². The maximum absolute atomic E-state index is 12.1. The quantitative estimate of drug-likeness (QED) is 0.891. The highest BCUT2D eigenvalue weighted by Gasteiger charge is 2.28. The molecule has 1 heterocycles. The molecular weight excluding hydrogens is 233 g/mol. The maximum Gasteiger partial charge on any atom is 0.389 e. The summed E-state index contributed by atoms with van der Waals surface area (Å²) in [6.07, 6.45) is -6.20. The minimum absolute atomic E-state index is 0.346. The Labute approximate surface area is 97.7 Å². The molecule has 0 saturated carbocycles. The highest BCUT2D eigenvalue weighted by atomic mass is 19.4. The molecule has 0 spiro atoms. The van der Waals surface area contributed by atoms with Crippen LogP contribution in [0.1, 0.15) is 42.8 Å². The van der Waals surface area contributed by atoms with Crippen molar-refractivity contribution < 1.29 is 18.3 Å². The van der Waals surface area contributed by atoms with Gasteiger partial charge in [0.2, 0.25) is 0 Å². The van der Waals surface area contributed by atoms with E-state index in [1.165, 1.54) is 0 Å². The Morgan fingerprint density at radius 3 is 2.53 bits per heavy atom. The van der Waals surface area contributed by atoms with Crippen LogP contribution in [-0.4, -0.2) is 21.5 Å². The number of aliphatic hydroxyl groups is 1. The van der Waals surface area contributed by atoms with Crippen LogP contribution in [0.5, 0.6) is 0 Å². The zero-order chi connectivity index (χ0) is 13.1. The molecule has 1 aromatic heterocycles. The van der Waals surface area contributed by atoms with Crippen LogP contribution in [0.3, 0.4) is 0 Å². The van der Waals surface area contributed by atoms with Gasteiger partial charge < -0.3 is 5.11 Å². The average molecular weight is 248 g/mol. The molecule has 0 radical (unpaired) electrons. The van der Waals surface area contributed by atoms with Gasteiger partial charge in [0, 0.05) is 12.0 Å². The Morgan fingerprint density at radius 2 is 2.00 bits per heavy atom. The van der Waals surface area contributed by atoms with Crippen molar-refractivity contribution in [2.24, 2.45) is 0 Å². The molecule has 0 aliphatic heterocycles. The third-order valence-electron chi connectivity index (χ3n) is 2.42. The van der Waals surface area contributed by atoms with Gasteiger partial charge in [0.25, 0.3) is 0 Å². The zero-order valence-electron chi connectivity index (χ0n) is 9.75. The molecule has 0 aliphatic carbocycles. The first-order valence-corrected chi connectivity index (χ1v) is 5.41. The fourth-order valence-corrected chi connectivity index (χ4v) is 1.55. The maximum atomic E-state index is 12.1.